The number of primary sulfonamides is 1. The Hall–Kier alpha value is -2.10. The average molecular weight is 356 g/mol. The Labute approximate surface area is 135 Å². The largest absolute Gasteiger partial charge is 0.497 e. The van der Waals surface area contributed by atoms with E-state index in [4.69, 9.17) is 9.88 Å². The van der Waals surface area contributed by atoms with E-state index in [2.05, 4.69) is 4.72 Å². The minimum absolute atomic E-state index is 0.0241. The second-order valence-corrected chi connectivity index (χ2v) is 8.02. The van der Waals surface area contributed by atoms with E-state index in [9.17, 15) is 16.8 Å². The molecule has 124 valence electrons. The van der Waals surface area contributed by atoms with Gasteiger partial charge in [0.2, 0.25) is 10.0 Å². The highest BCUT2D eigenvalue weighted by Gasteiger charge is 2.17. The van der Waals surface area contributed by atoms with Gasteiger partial charge < -0.3 is 4.74 Å². The maximum Gasteiger partial charge on any atom is 0.261 e. The fourth-order valence-corrected chi connectivity index (χ4v) is 3.80. The van der Waals surface area contributed by atoms with E-state index in [0.717, 1.165) is 0 Å². The molecule has 2 aromatic rings. The summed E-state index contributed by atoms with van der Waals surface area (Å²) in [7, 11) is -6.32. The number of nitrogens with two attached hydrogens (primary N) is 1. The minimum atomic E-state index is -3.94. The molecule has 0 saturated heterocycles. The predicted molar refractivity (Wildman–Crippen MR) is 86.4 cm³/mol. The van der Waals surface area contributed by atoms with Gasteiger partial charge in [0, 0.05) is 0 Å². The quantitative estimate of drug-likeness (QED) is 0.841. The van der Waals surface area contributed by atoms with Crippen LogP contribution in [0.15, 0.2) is 52.3 Å². The summed E-state index contributed by atoms with van der Waals surface area (Å²) in [6, 6.07) is 9.92. The van der Waals surface area contributed by atoms with Gasteiger partial charge in [0.1, 0.15) is 5.75 Å². The number of hydrogen-bond acceptors (Lipinski definition) is 5. The van der Waals surface area contributed by atoms with Crippen LogP contribution in [0.3, 0.4) is 0 Å². The van der Waals surface area contributed by atoms with Crippen molar-refractivity contribution in [3.8, 4) is 5.75 Å². The van der Waals surface area contributed by atoms with Crippen molar-refractivity contribution in [1.29, 1.82) is 0 Å². The number of anilines is 1. The Bertz CT molecular complexity index is 920. The lowest BCUT2D eigenvalue weighted by molar-refractivity contribution is 0.414. The number of methoxy groups -OCH3 is 1. The smallest absolute Gasteiger partial charge is 0.261 e. The average Bonchev–Trinajstić information content (AvgIpc) is 2.48. The number of hydrogen-bond donors (Lipinski definition) is 2. The molecule has 0 saturated carbocycles. The molecular weight excluding hydrogens is 340 g/mol. The summed E-state index contributed by atoms with van der Waals surface area (Å²) >= 11 is 0. The second-order valence-electron chi connectivity index (χ2n) is 4.81. The first-order valence-electron chi connectivity index (χ1n) is 6.44. The molecule has 2 rings (SSSR count). The summed E-state index contributed by atoms with van der Waals surface area (Å²) in [6.07, 6.45) is 0. The van der Waals surface area contributed by atoms with Gasteiger partial charge in [-0.25, -0.2) is 22.0 Å². The summed E-state index contributed by atoms with van der Waals surface area (Å²) in [6.45, 7) is 1.57. The molecule has 3 N–H and O–H groups in total. The molecule has 2 aromatic carbocycles. The van der Waals surface area contributed by atoms with Gasteiger partial charge in [-0.2, -0.15) is 0 Å². The number of rotatable bonds is 5. The van der Waals surface area contributed by atoms with Crippen LogP contribution in [0.2, 0.25) is 0 Å². The third-order valence-electron chi connectivity index (χ3n) is 3.12. The zero-order valence-corrected chi connectivity index (χ0v) is 14.1. The fourth-order valence-electron chi connectivity index (χ4n) is 1.94. The Morgan fingerprint density at radius 2 is 1.61 bits per heavy atom. The first-order chi connectivity index (χ1) is 10.6. The van der Waals surface area contributed by atoms with E-state index in [1.165, 1.54) is 49.6 Å². The summed E-state index contributed by atoms with van der Waals surface area (Å²) in [5.74, 6) is 0.524. The molecule has 0 aromatic heterocycles. The summed E-state index contributed by atoms with van der Waals surface area (Å²) in [4.78, 5) is -0.108. The Balaban J connectivity index is 2.37. The van der Waals surface area contributed by atoms with E-state index in [1.54, 1.807) is 6.92 Å². The number of ether oxygens (including phenoxy) is 1. The molecule has 0 spiro atoms. The number of aryl methyl sites for hydroxylation is 1. The molecule has 0 aliphatic heterocycles. The van der Waals surface area contributed by atoms with Crippen LogP contribution in [0.5, 0.6) is 5.75 Å². The highest BCUT2D eigenvalue weighted by atomic mass is 32.2. The minimum Gasteiger partial charge on any atom is -0.497 e. The van der Waals surface area contributed by atoms with Gasteiger partial charge in [0.25, 0.3) is 10.0 Å². The maximum absolute atomic E-state index is 12.3. The van der Waals surface area contributed by atoms with E-state index in [-0.39, 0.29) is 15.5 Å². The zero-order valence-electron chi connectivity index (χ0n) is 12.5. The molecule has 0 radical (unpaired) electrons. The highest BCUT2D eigenvalue weighted by molar-refractivity contribution is 7.92. The Morgan fingerprint density at radius 3 is 2.13 bits per heavy atom. The molecule has 0 bridgehead atoms. The van der Waals surface area contributed by atoms with Gasteiger partial charge in [-0.15, -0.1) is 0 Å². The van der Waals surface area contributed by atoms with Crippen LogP contribution in [0.1, 0.15) is 5.56 Å². The SMILES string of the molecule is COc1ccc(S(=O)(=O)Nc2ccc(C)c(S(N)(=O)=O)c2)cc1. The first-order valence-corrected chi connectivity index (χ1v) is 9.47. The molecule has 0 fully saturated rings. The van der Waals surface area contributed by atoms with Crippen molar-refractivity contribution in [2.24, 2.45) is 5.14 Å². The summed E-state index contributed by atoms with van der Waals surface area (Å²) in [5.41, 5.74) is 0.537. The maximum atomic E-state index is 12.3. The molecule has 0 aliphatic carbocycles. The van der Waals surface area contributed by atoms with E-state index in [0.29, 0.717) is 11.3 Å². The van der Waals surface area contributed by atoms with Gasteiger partial charge in [0.15, 0.2) is 0 Å². The molecular formula is C14H16N2O5S2. The molecule has 0 amide bonds. The lowest BCUT2D eigenvalue weighted by Gasteiger charge is -2.11. The molecule has 23 heavy (non-hydrogen) atoms. The number of sulfonamides is 2. The topological polar surface area (TPSA) is 116 Å². The summed E-state index contributed by atoms with van der Waals surface area (Å²) < 4.78 is 54.9. The van der Waals surface area contributed by atoms with Crippen LogP contribution in [-0.4, -0.2) is 23.9 Å². The third-order valence-corrected chi connectivity index (χ3v) is 5.57. The van der Waals surface area contributed by atoms with Crippen LogP contribution in [0.25, 0.3) is 0 Å². The Morgan fingerprint density at radius 1 is 1.00 bits per heavy atom. The van der Waals surface area contributed by atoms with Crippen molar-refractivity contribution in [1.82, 2.24) is 0 Å². The van der Waals surface area contributed by atoms with E-state index in [1.807, 2.05) is 0 Å². The normalized spacial score (nSPS) is 12.0. The van der Waals surface area contributed by atoms with Crippen molar-refractivity contribution >= 4 is 25.7 Å². The number of nitrogens with one attached hydrogen (secondary N) is 1. The van der Waals surface area contributed by atoms with Crippen LogP contribution in [0, 0.1) is 6.92 Å². The van der Waals surface area contributed by atoms with Crippen LogP contribution < -0.4 is 14.6 Å². The van der Waals surface area contributed by atoms with Gasteiger partial charge in [-0.3, -0.25) is 4.72 Å². The van der Waals surface area contributed by atoms with Gasteiger partial charge in [0.05, 0.1) is 22.6 Å². The van der Waals surface area contributed by atoms with Crippen LogP contribution in [-0.2, 0) is 20.0 Å². The molecule has 9 heteroatoms. The van der Waals surface area contributed by atoms with Crippen molar-refractivity contribution < 1.29 is 21.6 Å². The standard InChI is InChI=1S/C14H16N2O5S2/c1-10-3-4-11(9-14(10)22(15,17)18)16-23(19,20)13-7-5-12(21-2)6-8-13/h3-9,16H,1-2H3,(H2,15,17,18). The highest BCUT2D eigenvalue weighted by Crippen LogP contribution is 2.22. The van der Waals surface area contributed by atoms with Gasteiger partial charge in [-0.1, -0.05) is 6.07 Å². The molecule has 0 unspecified atom stereocenters. The Kier molecular flexibility index (Phi) is 4.64. The van der Waals surface area contributed by atoms with Crippen LogP contribution in [0.4, 0.5) is 5.69 Å². The van der Waals surface area contributed by atoms with Crippen molar-refractivity contribution in [2.75, 3.05) is 11.8 Å². The lowest BCUT2D eigenvalue weighted by Crippen LogP contribution is -2.16. The fraction of sp³-hybridized carbons (Fsp3) is 0.143. The lowest BCUT2D eigenvalue weighted by atomic mass is 10.2. The number of benzene rings is 2. The predicted octanol–water partition coefficient (Wildman–Crippen LogP) is 1.45. The van der Waals surface area contributed by atoms with Gasteiger partial charge in [-0.05, 0) is 48.9 Å². The first kappa shape index (κ1) is 17.3. The van der Waals surface area contributed by atoms with Gasteiger partial charge >= 0.3 is 0 Å². The summed E-state index contributed by atoms with van der Waals surface area (Å²) in [5, 5.41) is 5.11. The third kappa shape index (κ3) is 4.01. The zero-order chi connectivity index (χ0) is 17.3. The monoisotopic (exact) mass is 356 g/mol. The molecule has 0 atom stereocenters. The second kappa shape index (κ2) is 6.19. The van der Waals surface area contributed by atoms with Crippen molar-refractivity contribution in [2.45, 2.75) is 16.7 Å². The van der Waals surface area contributed by atoms with E-state index < -0.39 is 20.0 Å². The van der Waals surface area contributed by atoms with E-state index >= 15 is 0 Å². The van der Waals surface area contributed by atoms with Crippen molar-refractivity contribution in [3.63, 3.8) is 0 Å². The van der Waals surface area contributed by atoms with Crippen molar-refractivity contribution in [3.05, 3.63) is 48.0 Å². The molecule has 7 nitrogen and oxygen atoms in total. The van der Waals surface area contributed by atoms with Crippen LogP contribution >= 0.6 is 0 Å². The molecule has 0 aliphatic rings. The molecule has 0 heterocycles.